The van der Waals surface area contributed by atoms with E-state index in [-0.39, 0.29) is 12.3 Å². The SMILES string of the molecule is CCc1nc(CC#N)nc(N2CCN(C(=O)C3CCC3)CC2)c1Cc1cccc(Cl)c1. The molecular formula is C24H28ClN5O. The fraction of sp³-hybridized carbons (Fsp3) is 0.500. The highest BCUT2D eigenvalue weighted by Crippen LogP contribution is 2.30. The smallest absolute Gasteiger partial charge is 0.225 e. The predicted molar refractivity (Wildman–Crippen MR) is 121 cm³/mol. The van der Waals surface area contributed by atoms with Crippen LogP contribution in [0.5, 0.6) is 0 Å². The molecule has 31 heavy (non-hydrogen) atoms. The first-order valence-electron chi connectivity index (χ1n) is 11.1. The van der Waals surface area contributed by atoms with Crippen LogP contribution in [0.1, 0.15) is 48.8 Å². The molecule has 7 heteroatoms. The molecule has 0 N–H and O–H groups in total. The van der Waals surface area contributed by atoms with Gasteiger partial charge in [-0.1, -0.05) is 37.1 Å². The van der Waals surface area contributed by atoms with Gasteiger partial charge in [-0.25, -0.2) is 9.97 Å². The second kappa shape index (κ2) is 9.65. The van der Waals surface area contributed by atoms with Gasteiger partial charge >= 0.3 is 0 Å². The number of nitriles is 1. The zero-order valence-corrected chi connectivity index (χ0v) is 18.7. The zero-order valence-electron chi connectivity index (χ0n) is 18.0. The summed E-state index contributed by atoms with van der Waals surface area (Å²) in [5.41, 5.74) is 3.17. The molecule has 2 fully saturated rings. The molecule has 1 amide bonds. The number of carbonyl (C=O) groups is 1. The number of halogens is 1. The monoisotopic (exact) mass is 437 g/mol. The maximum atomic E-state index is 12.6. The summed E-state index contributed by atoms with van der Waals surface area (Å²) in [6.45, 7) is 5.00. The number of carbonyl (C=O) groups excluding carboxylic acids is 1. The molecule has 0 spiro atoms. The fourth-order valence-electron chi connectivity index (χ4n) is 4.36. The normalized spacial score (nSPS) is 16.7. The van der Waals surface area contributed by atoms with E-state index in [1.54, 1.807) is 0 Å². The third kappa shape index (κ3) is 4.83. The molecule has 2 heterocycles. The van der Waals surface area contributed by atoms with Crippen molar-refractivity contribution in [3.8, 4) is 6.07 Å². The fourth-order valence-corrected chi connectivity index (χ4v) is 4.57. The Bertz CT molecular complexity index is 990. The van der Waals surface area contributed by atoms with Crippen molar-refractivity contribution >= 4 is 23.3 Å². The lowest BCUT2D eigenvalue weighted by atomic mass is 9.84. The summed E-state index contributed by atoms with van der Waals surface area (Å²) in [5.74, 6) is 2.01. The van der Waals surface area contributed by atoms with Crippen LogP contribution in [0.25, 0.3) is 0 Å². The van der Waals surface area contributed by atoms with Crippen LogP contribution >= 0.6 is 11.6 Å². The number of hydrogen-bond donors (Lipinski definition) is 0. The quantitative estimate of drug-likeness (QED) is 0.687. The second-order valence-corrected chi connectivity index (χ2v) is 8.76. The van der Waals surface area contributed by atoms with E-state index in [0.29, 0.717) is 36.3 Å². The lowest BCUT2D eigenvalue weighted by Crippen LogP contribution is -2.51. The van der Waals surface area contributed by atoms with Crippen LogP contribution in [0.15, 0.2) is 24.3 Å². The molecule has 0 bridgehead atoms. The Morgan fingerprint density at radius 3 is 2.61 bits per heavy atom. The van der Waals surface area contributed by atoms with Crippen LogP contribution in [-0.2, 0) is 24.1 Å². The Hall–Kier alpha value is -2.65. The number of benzene rings is 1. The van der Waals surface area contributed by atoms with Crippen LogP contribution in [0, 0.1) is 17.2 Å². The van der Waals surface area contributed by atoms with Gasteiger partial charge in [0.1, 0.15) is 11.6 Å². The van der Waals surface area contributed by atoms with Gasteiger partial charge in [0.15, 0.2) is 0 Å². The lowest BCUT2D eigenvalue weighted by Gasteiger charge is -2.39. The molecule has 1 aliphatic heterocycles. The number of hydrogen-bond acceptors (Lipinski definition) is 5. The highest BCUT2D eigenvalue weighted by Gasteiger charge is 2.32. The number of aryl methyl sites for hydroxylation is 1. The maximum Gasteiger partial charge on any atom is 0.225 e. The molecule has 1 saturated carbocycles. The van der Waals surface area contributed by atoms with Crippen molar-refractivity contribution in [3.05, 3.63) is 51.9 Å². The van der Waals surface area contributed by atoms with Gasteiger partial charge in [0.05, 0.1) is 12.5 Å². The van der Waals surface area contributed by atoms with Gasteiger partial charge in [-0.2, -0.15) is 5.26 Å². The number of nitrogens with zero attached hydrogens (tertiary/aromatic N) is 5. The van der Waals surface area contributed by atoms with Crippen molar-refractivity contribution in [3.63, 3.8) is 0 Å². The summed E-state index contributed by atoms with van der Waals surface area (Å²) in [4.78, 5) is 26.4. The average molecular weight is 438 g/mol. The summed E-state index contributed by atoms with van der Waals surface area (Å²) in [7, 11) is 0. The van der Waals surface area contributed by atoms with Gasteiger partial charge in [-0.15, -0.1) is 0 Å². The molecule has 1 aliphatic carbocycles. The van der Waals surface area contributed by atoms with E-state index < -0.39 is 0 Å². The van der Waals surface area contributed by atoms with Crippen molar-refractivity contribution in [2.45, 2.75) is 45.4 Å². The lowest BCUT2D eigenvalue weighted by molar-refractivity contribution is -0.138. The van der Waals surface area contributed by atoms with E-state index in [4.69, 9.17) is 16.6 Å². The van der Waals surface area contributed by atoms with Gasteiger partial charge in [0.25, 0.3) is 0 Å². The minimum absolute atomic E-state index is 0.192. The first-order chi connectivity index (χ1) is 15.1. The number of amides is 1. The minimum atomic E-state index is 0.192. The third-order valence-electron chi connectivity index (χ3n) is 6.30. The van der Waals surface area contributed by atoms with Gasteiger partial charge in [0, 0.05) is 54.8 Å². The van der Waals surface area contributed by atoms with Crippen LogP contribution in [0.3, 0.4) is 0 Å². The molecule has 1 saturated heterocycles. The third-order valence-corrected chi connectivity index (χ3v) is 6.54. The number of rotatable bonds is 6. The van der Waals surface area contributed by atoms with E-state index in [2.05, 4.69) is 28.9 Å². The van der Waals surface area contributed by atoms with Crippen molar-refractivity contribution in [2.75, 3.05) is 31.1 Å². The van der Waals surface area contributed by atoms with Crippen molar-refractivity contribution in [1.29, 1.82) is 5.26 Å². The van der Waals surface area contributed by atoms with Crippen molar-refractivity contribution in [1.82, 2.24) is 14.9 Å². The van der Waals surface area contributed by atoms with Crippen LogP contribution in [-0.4, -0.2) is 47.0 Å². The van der Waals surface area contributed by atoms with Crippen molar-refractivity contribution in [2.24, 2.45) is 5.92 Å². The summed E-state index contributed by atoms with van der Waals surface area (Å²) in [6, 6.07) is 10.0. The first-order valence-corrected chi connectivity index (χ1v) is 11.5. The van der Waals surface area contributed by atoms with E-state index in [9.17, 15) is 10.1 Å². The van der Waals surface area contributed by atoms with Crippen LogP contribution in [0.4, 0.5) is 5.82 Å². The van der Waals surface area contributed by atoms with Gasteiger partial charge in [0.2, 0.25) is 5.91 Å². The zero-order chi connectivity index (χ0) is 21.8. The molecule has 4 rings (SSSR count). The highest BCUT2D eigenvalue weighted by atomic mass is 35.5. The second-order valence-electron chi connectivity index (χ2n) is 8.32. The summed E-state index contributed by atoms with van der Waals surface area (Å²) < 4.78 is 0. The molecule has 6 nitrogen and oxygen atoms in total. The van der Waals surface area contributed by atoms with E-state index in [1.807, 2.05) is 23.1 Å². The Kier molecular flexibility index (Phi) is 6.72. The van der Waals surface area contributed by atoms with Gasteiger partial charge in [-0.05, 0) is 37.0 Å². The Morgan fingerprint density at radius 2 is 2.00 bits per heavy atom. The molecule has 0 unspecified atom stereocenters. The van der Waals surface area contributed by atoms with Gasteiger partial charge in [-0.3, -0.25) is 4.79 Å². The van der Waals surface area contributed by atoms with Gasteiger partial charge < -0.3 is 9.80 Å². The summed E-state index contributed by atoms with van der Waals surface area (Å²) in [5, 5.41) is 9.90. The Morgan fingerprint density at radius 1 is 1.23 bits per heavy atom. The first kappa shape index (κ1) is 21.6. The number of anilines is 1. The van der Waals surface area contributed by atoms with Crippen LogP contribution in [0.2, 0.25) is 5.02 Å². The molecule has 162 valence electrons. The predicted octanol–water partition coefficient (Wildman–Crippen LogP) is 3.80. The Labute approximate surface area is 188 Å². The highest BCUT2D eigenvalue weighted by molar-refractivity contribution is 6.30. The Balaban J connectivity index is 1.61. The largest absolute Gasteiger partial charge is 0.353 e. The molecule has 0 atom stereocenters. The standard InChI is InChI=1S/C24H28ClN5O/c1-2-21-20(16-17-5-3-8-19(25)15-17)23(28-22(27-21)9-10-26)29-11-13-30(14-12-29)24(31)18-6-4-7-18/h3,5,8,15,18H,2,4,6-7,9,11-14,16H2,1H3. The minimum Gasteiger partial charge on any atom is -0.353 e. The molecule has 2 aromatic rings. The molecular weight excluding hydrogens is 410 g/mol. The number of piperazine rings is 1. The topological polar surface area (TPSA) is 73.1 Å². The van der Waals surface area contributed by atoms with Crippen molar-refractivity contribution < 1.29 is 4.79 Å². The molecule has 0 radical (unpaired) electrons. The molecule has 2 aliphatic rings. The van der Waals surface area contributed by atoms with E-state index in [0.717, 1.165) is 55.0 Å². The summed E-state index contributed by atoms with van der Waals surface area (Å²) >= 11 is 6.21. The maximum absolute atomic E-state index is 12.6. The molecule has 1 aromatic heterocycles. The van der Waals surface area contributed by atoms with E-state index >= 15 is 0 Å². The average Bonchev–Trinajstić information content (AvgIpc) is 2.73. The van der Waals surface area contributed by atoms with Crippen LogP contribution < -0.4 is 4.90 Å². The number of aromatic nitrogens is 2. The molecule has 1 aromatic carbocycles. The summed E-state index contributed by atoms with van der Waals surface area (Å²) in [6.07, 6.45) is 4.89. The van der Waals surface area contributed by atoms with E-state index in [1.165, 1.54) is 6.42 Å².